The largest absolute Gasteiger partial charge is 0.479 e. The summed E-state index contributed by atoms with van der Waals surface area (Å²) >= 11 is 5.76. The van der Waals surface area contributed by atoms with E-state index in [1.807, 2.05) is 6.07 Å². The Morgan fingerprint density at radius 2 is 2.04 bits per heavy atom. The summed E-state index contributed by atoms with van der Waals surface area (Å²) < 4.78 is 25.3. The van der Waals surface area contributed by atoms with E-state index >= 15 is 0 Å². The summed E-state index contributed by atoms with van der Waals surface area (Å²) in [5.74, 6) is 1.14. The van der Waals surface area contributed by atoms with Gasteiger partial charge in [0.25, 0.3) is 5.89 Å². The summed E-state index contributed by atoms with van der Waals surface area (Å²) in [6.07, 6.45) is 2.66. The minimum absolute atomic E-state index is 0.247. The third-order valence-electron chi connectivity index (χ3n) is 4.37. The molecule has 7 heteroatoms. The van der Waals surface area contributed by atoms with Gasteiger partial charge in [-0.15, -0.1) is 0 Å². The summed E-state index contributed by atoms with van der Waals surface area (Å²) in [5.41, 5.74) is 0.118. The van der Waals surface area contributed by atoms with Gasteiger partial charge < -0.3 is 9.26 Å². The van der Waals surface area contributed by atoms with Crippen LogP contribution in [0.15, 0.2) is 47.1 Å². The topological polar surface area (TPSA) is 61.0 Å². The average Bonchev–Trinajstić information content (AvgIpc) is 3.25. The van der Waals surface area contributed by atoms with Crippen LogP contribution in [0.3, 0.4) is 0 Å². The number of rotatable bonds is 5. The number of halogens is 2. The summed E-state index contributed by atoms with van der Waals surface area (Å²) in [7, 11) is 0. The lowest BCUT2D eigenvalue weighted by Gasteiger charge is -2.12. The third-order valence-corrected chi connectivity index (χ3v) is 4.59. The summed E-state index contributed by atoms with van der Waals surface area (Å²) in [4.78, 5) is 8.42. The monoisotopic (exact) mass is 359 g/mol. The number of benzene rings is 1. The van der Waals surface area contributed by atoms with Crippen molar-refractivity contribution in [1.82, 2.24) is 15.1 Å². The minimum atomic E-state index is -0.491. The highest BCUT2D eigenvalue weighted by Gasteiger charge is 2.51. The molecule has 1 saturated carbocycles. The molecular formula is C18H15ClFN3O2. The average molecular weight is 360 g/mol. The zero-order valence-corrected chi connectivity index (χ0v) is 14.2. The summed E-state index contributed by atoms with van der Waals surface area (Å²) in [6, 6.07) is 10.1. The number of aromatic nitrogens is 3. The zero-order valence-electron chi connectivity index (χ0n) is 13.4. The molecule has 0 amide bonds. The Hall–Kier alpha value is -2.47. The molecule has 0 N–H and O–H groups in total. The van der Waals surface area contributed by atoms with Gasteiger partial charge in [0.15, 0.2) is 11.9 Å². The van der Waals surface area contributed by atoms with Crippen LogP contribution in [-0.2, 0) is 5.41 Å². The molecule has 1 fully saturated rings. The van der Waals surface area contributed by atoms with E-state index in [0.717, 1.165) is 12.8 Å². The Kier molecular flexibility index (Phi) is 3.92. The Morgan fingerprint density at radius 3 is 2.72 bits per heavy atom. The summed E-state index contributed by atoms with van der Waals surface area (Å²) in [5, 5.41) is 4.46. The van der Waals surface area contributed by atoms with Crippen LogP contribution in [0.1, 0.15) is 43.1 Å². The lowest BCUT2D eigenvalue weighted by Crippen LogP contribution is -2.13. The SMILES string of the molecule is C[C@H](Oc1ccc(Cl)nc1)c1nc(C2(c3ccccc3F)CC2)no1. The van der Waals surface area contributed by atoms with E-state index in [9.17, 15) is 4.39 Å². The number of ether oxygens (including phenoxy) is 1. The van der Waals surface area contributed by atoms with Crippen LogP contribution in [-0.4, -0.2) is 15.1 Å². The van der Waals surface area contributed by atoms with Crippen molar-refractivity contribution in [2.75, 3.05) is 0 Å². The molecule has 25 heavy (non-hydrogen) atoms. The first kappa shape index (κ1) is 16.0. The third kappa shape index (κ3) is 2.98. The first-order chi connectivity index (χ1) is 12.1. The molecular weight excluding hydrogens is 345 g/mol. The smallest absolute Gasteiger partial charge is 0.267 e. The van der Waals surface area contributed by atoms with Gasteiger partial charge in [-0.3, -0.25) is 0 Å². The van der Waals surface area contributed by atoms with E-state index in [1.165, 1.54) is 12.3 Å². The van der Waals surface area contributed by atoms with Crippen LogP contribution in [0.25, 0.3) is 0 Å². The Morgan fingerprint density at radius 1 is 1.24 bits per heavy atom. The Bertz CT molecular complexity index is 893. The molecule has 1 aromatic carbocycles. The van der Waals surface area contributed by atoms with E-state index in [2.05, 4.69) is 15.1 Å². The van der Waals surface area contributed by atoms with Crippen molar-refractivity contribution in [1.29, 1.82) is 0 Å². The van der Waals surface area contributed by atoms with E-state index in [-0.39, 0.29) is 5.82 Å². The van der Waals surface area contributed by atoms with Crippen LogP contribution in [0.4, 0.5) is 4.39 Å². The van der Waals surface area contributed by atoms with Gasteiger partial charge in [0.1, 0.15) is 16.7 Å². The molecule has 1 aliphatic rings. The molecule has 0 spiro atoms. The van der Waals surface area contributed by atoms with E-state index in [0.29, 0.717) is 28.2 Å². The molecule has 0 aliphatic heterocycles. The van der Waals surface area contributed by atoms with Crippen molar-refractivity contribution in [2.45, 2.75) is 31.3 Å². The van der Waals surface area contributed by atoms with Gasteiger partial charge >= 0.3 is 0 Å². The minimum Gasteiger partial charge on any atom is -0.479 e. The molecule has 0 radical (unpaired) electrons. The number of hydrogen-bond acceptors (Lipinski definition) is 5. The second-order valence-electron chi connectivity index (χ2n) is 6.09. The highest BCUT2D eigenvalue weighted by Crippen LogP contribution is 2.53. The molecule has 2 aromatic heterocycles. The molecule has 0 bridgehead atoms. The fraction of sp³-hybridized carbons (Fsp3) is 0.278. The van der Waals surface area contributed by atoms with Crippen molar-refractivity contribution in [3.8, 4) is 5.75 Å². The first-order valence-corrected chi connectivity index (χ1v) is 8.33. The van der Waals surface area contributed by atoms with Crippen LogP contribution in [0.5, 0.6) is 5.75 Å². The normalized spacial score (nSPS) is 16.4. The first-order valence-electron chi connectivity index (χ1n) is 7.96. The van der Waals surface area contributed by atoms with Gasteiger partial charge in [-0.25, -0.2) is 9.37 Å². The van der Waals surface area contributed by atoms with E-state index < -0.39 is 11.5 Å². The van der Waals surface area contributed by atoms with Gasteiger partial charge in [0, 0.05) is 5.56 Å². The highest BCUT2D eigenvalue weighted by molar-refractivity contribution is 6.29. The number of hydrogen-bond donors (Lipinski definition) is 0. The van der Waals surface area contributed by atoms with Gasteiger partial charge in [-0.2, -0.15) is 4.98 Å². The molecule has 128 valence electrons. The van der Waals surface area contributed by atoms with Gasteiger partial charge in [0.05, 0.1) is 11.6 Å². The molecule has 3 aromatic rings. The van der Waals surface area contributed by atoms with Gasteiger partial charge in [-0.1, -0.05) is 35.0 Å². The van der Waals surface area contributed by atoms with Crippen LogP contribution in [0, 0.1) is 5.82 Å². The highest BCUT2D eigenvalue weighted by atomic mass is 35.5. The van der Waals surface area contributed by atoms with Crippen molar-refractivity contribution in [2.24, 2.45) is 0 Å². The second-order valence-corrected chi connectivity index (χ2v) is 6.48. The fourth-order valence-electron chi connectivity index (χ4n) is 2.87. The molecule has 1 aliphatic carbocycles. The Labute approximate surface area is 148 Å². The van der Waals surface area contributed by atoms with Gasteiger partial charge in [0.2, 0.25) is 0 Å². The van der Waals surface area contributed by atoms with Crippen molar-refractivity contribution in [3.05, 3.63) is 70.8 Å². The molecule has 0 saturated heterocycles. The maximum absolute atomic E-state index is 14.2. The molecule has 4 rings (SSSR count). The maximum Gasteiger partial charge on any atom is 0.267 e. The van der Waals surface area contributed by atoms with Crippen molar-refractivity contribution < 1.29 is 13.7 Å². The standard InChI is InChI=1S/C18H15ClFN3O2/c1-11(24-12-6-7-15(19)21-10-12)16-22-17(23-25-16)18(8-9-18)13-4-2-3-5-14(13)20/h2-7,10-11H,8-9H2,1H3/t11-/m0/s1. The predicted octanol–water partition coefficient (Wildman–Crippen LogP) is 4.48. The molecule has 1 atom stereocenters. The number of nitrogens with zero attached hydrogens (tertiary/aromatic N) is 3. The van der Waals surface area contributed by atoms with Crippen molar-refractivity contribution >= 4 is 11.6 Å². The maximum atomic E-state index is 14.2. The molecule has 0 unspecified atom stereocenters. The van der Waals surface area contributed by atoms with E-state index in [4.69, 9.17) is 20.9 Å². The van der Waals surface area contributed by atoms with Crippen molar-refractivity contribution in [3.63, 3.8) is 0 Å². The lowest BCUT2D eigenvalue weighted by atomic mass is 9.95. The van der Waals surface area contributed by atoms with Gasteiger partial charge in [-0.05, 0) is 38.0 Å². The second kappa shape index (κ2) is 6.11. The van der Waals surface area contributed by atoms with Crippen LogP contribution >= 0.6 is 11.6 Å². The van der Waals surface area contributed by atoms with Crippen LogP contribution < -0.4 is 4.74 Å². The van der Waals surface area contributed by atoms with Crippen LogP contribution in [0.2, 0.25) is 5.15 Å². The molecule has 2 heterocycles. The predicted molar refractivity (Wildman–Crippen MR) is 89.0 cm³/mol. The van der Waals surface area contributed by atoms with E-state index in [1.54, 1.807) is 31.2 Å². The quantitative estimate of drug-likeness (QED) is 0.629. The Balaban J connectivity index is 1.56. The lowest BCUT2D eigenvalue weighted by molar-refractivity contribution is 0.175. The molecule has 5 nitrogen and oxygen atoms in total. The fourth-order valence-corrected chi connectivity index (χ4v) is 2.98. The zero-order chi connectivity index (χ0) is 17.4. The number of pyridine rings is 1. The summed E-state index contributed by atoms with van der Waals surface area (Å²) in [6.45, 7) is 1.80.